The molecule has 0 saturated heterocycles. The summed E-state index contributed by atoms with van der Waals surface area (Å²) in [5, 5.41) is 20.7. The van der Waals surface area contributed by atoms with Gasteiger partial charge in [-0.15, -0.1) is 0 Å². The molecule has 1 aliphatic heterocycles. The van der Waals surface area contributed by atoms with Gasteiger partial charge in [0, 0.05) is 28.4 Å². The summed E-state index contributed by atoms with van der Waals surface area (Å²) in [6.45, 7) is 4.09. The molecule has 164 valence electrons. The maximum absolute atomic E-state index is 13.5. The van der Waals surface area contributed by atoms with E-state index in [0.717, 1.165) is 5.70 Å². The van der Waals surface area contributed by atoms with Gasteiger partial charge in [-0.2, -0.15) is 5.26 Å². The number of nitrogens with two attached hydrogens (primary N) is 1. The summed E-state index contributed by atoms with van der Waals surface area (Å²) in [5.41, 5.74) is 9.26. The van der Waals surface area contributed by atoms with Gasteiger partial charge in [-0.3, -0.25) is 9.69 Å². The van der Waals surface area contributed by atoms with Crippen molar-refractivity contribution in [1.29, 1.82) is 5.26 Å². The van der Waals surface area contributed by atoms with E-state index in [1.807, 2.05) is 26.0 Å². The van der Waals surface area contributed by atoms with Crippen LogP contribution in [0, 0.1) is 16.7 Å². The second-order valence-electron chi connectivity index (χ2n) is 8.89. The number of ketones is 1. The molecule has 1 heterocycles. The van der Waals surface area contributed by atoms with Gasteiger partial charge in [0.2, 0.25) is 0 Å². The lowest BCUT2D eigenvalue weighted by Gasteiger charge is -2.43. The maximum Gasteiger partial charge on any atom is 0.162 e. The molecule has 0 radical (unpaired) electrons. The number of benzene rings is 2. The van der Waals surface area contributed by atoms with E-state index in [9.17, 15) is 15.2 Å². The van der Waals surface area contributed by atoms with E-state index >= 15 is 0 Å². The molecule has 6 nitrogen and oxygen atoms in total. The second kappa shape index (κ2) is 7.92. The highest BCUT2D eigenvalue weighted by molar-refractivity contribution is 6.30. The standard InChI is InChI=1S/C25H24ClN3O3/c1-25(2)11-18-23(20(31)12-25)22(14-7-8-19(30)21(9-14)32-3)17(13-27)24(28)29(18)16-6-4-5-15(26)10-16/h4-10,22,30H,11-12,28H2,1-3H3/t22-/m0/s1. The van der Waals surface area contributed by atoms with Crippen molar-refractivity contribution in [3.63, 3.8) is 0 Å². The number of allylic oxidation sites excluding steroid dienone is 3. The summed E-state index contributed by atoms with van der Waals surface area (Å²) in [6, 6.07) is 14.3. The van der Waals surface area contributed by atoms with Crippen LogP contribution in [0.25, 0.3) is 0 Å². The molecule has 32 heavy (non-hydrogen) atoms. The summed E-state index contributed by atoms with van der Waals surface area (Å²) < 4.78 is 5.27. The Labute approximate surface area is 192 Å². The fourth-order valence-electron chi connectivity index (χ4n) is 4.63. The van der Waals surface area contributed by atoms with Crippen LogP contribution in [0.2, 0.25) is 5.02 Å². The maximum atomic E-state index is 13.5. The predicted molar refractivity (Wildman–Crippen MR) is 123 cm³/mol. The van der Waals surface area contributed by atoms with Crippen molar-refractivity contribution >= 4 is 23.1 Å². The molecule has 3 N–H and O–H groups in total. The molecular formula is C25H24ClN3O3. The van der Waals surface area contributed by atoms with Gasteiger partial charge in [-0.05, 0) is 47.7 Å². The molecule has 0 fully saturated rings. The number of methoxy groups -OCH3 is 1. The van der Waals surface area contributed by atoms with Gasteiger partial charge in [0.15, 0.2) is 17.3 Å². The van der Waals surface area contributed by atoms with Crippen LogP contribution in [-0.4, -0.2) is 18.0 Å². The number of rotatable bonds is 3. The van der Waals surface area contributed by atoms with Crippen LogP contribution >= 0.6 is 11.6 Å². The molecule has 1 aliphatic carbocycles. The first-order valence-electron chi connectivity index (χ1n) is 10.3. The third kappa shape index (κ3) is 3.59. The molecule has 4 rings (SSSR count). The van der Waals surface area contributed by atoms with Gasteiger partial charge < -0.3 is 15.6 Å². The lowest BCUT2D eigenvalue weighted by molar-refractivity contribution is -0.118. The highest BCUT2D eigenvalue weighted by Gasteiger charge is 2.44. The number of aromatic hydroxyl groups is 1. The van der Waals surface area contributed by atoms with Crippen LogP contribution in [0.4, 0.5) is 5.69 Å². The van der Waals surface area contributed by atoms with Crippen molar-refractivity contribution in [2.75, 3.05) is 12.0 Å². The number of hydrogen-bond acceptors (Lipinski definition) is 6. The summed E-state index contributed by atoms with van der Waals surface area (Å²) in [4.78, 5) is 15.3. The lowest BCUT2D eigenvalue weighted by atomic mass is 9.68. The zero-order valence-electron chi connectivity index (χ0n) is 18.1. The zero-order chi connectivity index (χ0) is 23.2. The predicted octanol–water partition coefficient (Wildman–Crippen LogP) is 5.00. The Morgan fingerprint density at radius 2 is 2.00 bits per heavy atom. The number of ether oxygens (including phenoxy) is 1. The average molecular weight is 450 g/mol. The molecule has 2 aromatic rings. The molecular weight excluding hydrogens is 426 g/mol. The summed E-state index contributed by atoms with van der Waals surface area (Å²) >= 11 is 6.25. The van der Waals surface area contributed by atoms with E-state index in [4.69, 9.17) is 22.1 Å². The van der Waals surface area contributed by atoms with Crippen LogP contribution in [0.15, 0.2) is 65.1 Å². The Morgan fingerprint density at radius 1 is 1.25 bits per heavy atom. The third-order valence-corrected chi connectivity index (χ3v) is 6.22. The number of carbonyl (C=O) groups is 1. The first-order chi connectivity index (χ1) is 15.2. The van der Waals surface area contributed by atoms with Crippen LogP contribution in [-0.2, 0) is 4.79 Å². The minimum atomic E-state index is -0.650. The van der Waals surface area contributed by atoms with E-state index in [2.05, 4.69) is 6.07 Å². The van der Waals surface area contributed by atoms with Crippen molar-refractivity contribution in [3.8, 4) is 17.6 Å². The number of nitrogens with zero attached hydrogens (tertiary/aromatic N) is 2. The van der Waals surface area contributed by atoms with Crippen molar-refractivity contribution in [2.24, 2.45) is 11.1 Å². The molecule has 2 aromatic carbocycles. The largest absolute Gasteiger partial charge is 0.504 e. The Morgan fingerprint density at radius 3 is 2.66 bits per heavy atom. The first kappa shape index (κ1) is 21.8. The molecule has 7 heteroatoms. The topological polar surface area (TPSA) is 99.6 Å². The minimum absolute atomic E-state index is 0.0200. The van der Waals surface area contributed by atoms with Gasteiger partial charge in [0.25, 0.3) is 0 Å². The number of phenols is 1. The minimum Gasteiger partial charge on any atom is -0.504 e. The summed E-state index contributed by atoms with van der Waals surface area (Å²) in [5.74, 6) is -0.171. The van der Waals surface area contributed by atoms with Gasteiger partial charge in [-0.25, -0.2) is 0 Å². The number of phenolic OH excluding ortho intramolecular Hbond substituents is 1. The Hall–Kier alpha value is -3.43. The van der Waals surface area contributed by atoms with Crippen molar-refractivity contribution in [3.05, 3.63) is 75.7 Å². The average Bonchev–Trinajstić information content (AvgIpc) is 2.72. The SMILES string of the molecule is COc1cc([C@H]2C(C#N)=C(N)N(c3cccc(Cl)c3)C3=C2C(=O)CC(C)(C)C3)ccc1O. The molecule has 0 aromatic heterocycles. The van der Waals surface area contributed by atoms with Crippen molar-refractivity contribution in [1.82, 2.24) is 0 Å². The van der Waals surface area contributed by atoms with Crippen LogP contribution in [0.3, 0.4) is 0 Å². The van der Waals surface area contributed by atoms with E-state index < -0.39 is 5.92 Å². The van der Waals surface area contributed by atoms with Crippen LogP contribution < -0.4 is 15.4 Å². The number of hydrogen-bond donors (Lipinski definition) is 2. The van der Waals surface area contributed by atoms with Gasteiger partial charge in [0.05, 0.1) is 24.7 Å². The third-order valence-electron chi connectivity index (χ3n) is 5.98. The molecule has 0 bridgehead atoms. The Kier molecular flexibility index (Phi) is 5.39. The Bertz CT molecular complexity index is 1220. The van der Waals surface area contributed by atoms with E-state index in [0.29, 0.717) is 34.7 Å². The lowest BCUT2D eigenvalue weighted by Crippen LogP contribution is -2.42. The summed E-state index contributed by atoms with van der Waals surface area (Å²) in [7, 11) is 1.45. The highest BCUT2D eigenvalue weighted by Crippen LogP contribution is 2.50. The number of Topliss-reactive ketones (excluding diaryl/α,β-unsaturated/α-hetero) is 1. The van der Waals surface area contributed by atoms with Gasteiger partial charge >= 0.3 is 0 Å². The molecule has 0 saturated carbocycles. The van der Waals surface area contributed by atoms with Crippen LogP contribution in [0.5, 0.6) is 11.5 Å². The second-order valence-corrected chi connectivity index (χ2v) is 9.33. The first-order valence-corrected chi connectivity index (χ1v) is 10.6. The van der Waals surface area contributed by atoms with E-state index in [-0.39, 0.29) is 34.1 Å². The summed E-state index contributed by atoms with van der Waals surface area (Å²) in [6.07, 6.45) is 0.964. The van der Waals surface area contributed by atoms with E-state index in [1.165, 1.54) is 13.2 Å². The van der Waals surface area contributed by atoms with Crippen molar-refractivity contribution in [2.45, 2.75) is 32.6 Å². The number of halogens is 1. The monoisotopic (exact) mass is 449 g/mol. The number of anilines is 1. The Balaban J connectivity index is 2.01. The molecule has 0 unspecified atom stereocenters. The van der Waals surface area contributed by atoms with Gasteiger partial charge in [-0.1, -0.05) is 37.6 Å². The smallest absolute Gasteiger partial charge is 0.162 e. The fourth-order valence-corrected chi connectivity index (χ4v) is 4.81. The zero-order valence-corrected chi connectivity index (χ0v) is 18.9. The normalized spacial score (nSPS) is 20.2. The van der Waals surface area contributed by atoms with Crippen LogP contribution in [0.1, 0.15) is 38.2 Å². The number of carbonyl (C=O) groups excluding carboxylic acids is 1. The van der Waals surface area contributed by atoms with Crippen molar-refractivity contribution < 1.29 is 14.6 Å². The quantitative estimate of drug-likeness (QED) is 0.684. The van der Waals surface area contributed by atoms with E-state index in [1.54, 1.807) is 29.2 Å². The molecule has 0 amide bonds. The molecule has 0 spiro atoms. The van der Waals surface area contributed by atoms with Gasteiger partial charge in [0.1, 0.15) is 5.82 Å². The fraction of sp³-hybridized carbons (Fsp3) is 0.280. The molecule has 1 atom stereocenters. The molecule has 2 aliphatic rings. The number of nitriles is 1. The highest BCUT2D eigenvalue weighted by atomic mass is 35.5.